The van der Waals surface area contributed by atoms with E-state index in [1.807, 2.05) is 38.1 Å². The van der Waals surface area contributed by atoms with Crippen molar-refractivity contribution >= 4 is 57.1 Å². The summed E-state index contributed by atoms with van der Waals surface area (Å²) in [5, 5.41) is 9.61. The van der Waals surface area contributed by atoms with E-state index in [1.165, 1.54) is 28.4 Å². The Balaban J connectivity index is 2.01. The maximum absolute atomic E-state index is 13.0. The lowest BCUT2D eigenvalue weighted by Crippen LogP contribution is -2.22. The Morgan fingerprint density at radius 1 is 0.685 bits per heavy atom. The maximum Gasteiger partial charge on any atom is 0.310 e. The smallest absolute Gasteiger partial charge is 0.310 e. The third kappa shape index (κ3) is 8.07. The highest BCUT2D eigenvalue weighted by Crippen LogP contribution is 2.45. The molecule has 0 radical (unpaired) electrons. The van der Waals surface area contributed by atoms with Crippen LogP contribution in [0, 0.1) is 11.3 Å². The molecule has 13 nitrogen and oxygen atoms in total. The normalized spacial score (nSPS) is 14.7. The van der Waals surface area contributed by atoms with Crippen molar-refractivity contribution in [2.75, 3.05) is 28.4 Å². The molecule has 2 N–H and O–H groups in total. The Hall–Kier alpha value is -5.77. The van der Waals surface area contributed by atoms with Crippen LogP contribution in [-0.2, 0) is 69.2 Å². The number of hydrogen-bond donors (Lipinski definition) is 2. The second-order valence-electron chi connectivity index (χ2n) is 14.1. The number of nitrogens with one attached hydrogen (secondary N) is 2. The van der Waals surface area contributed by atoms with Crippen molar-refractivity contribution in [3.63, 3.8) is 0 Å². The fourth-order valence-corrected chi connectivity index (χ4v) is 7.30. The number of rotatable bonds is 12. The van der Waals surface area contributed by atoms with Gasteiger partial charge in [0.25, 0.3) is 0 Å². The van der Waals surface area contributed by atoms with Crippen molar-refractivity contribution in [3.05, 3.63) is 69.3 Å². The van der Waals surface area contributed by atoms with Gasteiger partial charge in [-0.3, -0.25) is 24.2 Å². The van der Waals surface area contributed by atoms with E-state index in [2.05, 4.69) is 29.9 Å². The molecule has 1 atom stereocenters. The Bertz CT molecular complexity index is 2240. The topological polar surface area (TPSA) is 186 Å². The van der Waals surface area contributed by atoms with Gasteiger partial charge in [-0.1, -0.05) is 13.8 Å². The van der Waals surface area contributed by atoms with E-state index in [9.17, 15) is 24.4 Å². The second-order valence-corrected chi connectivity index (χ2v) is 14.1. The molecular formula is C41H47N5O8. The molecule has 5 rings (SSSR count). The Labute approximate surface area is 314 Å². The summed E-state index contributed by atoms with van der Waals surface area (Å²) in [5.41, 5.74) is 9.46. The van der Waals surface area contributed by atoms with Crippen LogP contribution in [-0.4, -0.2) is 72.3 Å². The van der Waals surface area contributed by atoms with Gasteiger partial charge in [0.05, 0.1) is 58.7 Å². The van der Waals surface area contributed by atoms with Crippen molar-refractivity contribution in [1.82, 2.24) is 19.9 Å². The summed E-state index contributed by atoms with van der Waals surface area (Å²) in [4.78, 5) is 68.1. The zero-order valence-corrected chi connectivity index (χ0v) is 32.2. The van der Waals surface area contributed by atoms with Gasteiger partial charge in [-0.15, -0.1) is 0 Å². The average Bonchev–Trinajstić information content (AvgIpc) is 3.80. The number of hydrogen-bond acceptors (Lipinski definition) is 11. The highest BCUT2D eigenvalue weighted by Gasteiger charge is 2.39. The fraction of sp³-hybridized carbons (Fsp3) is 0.439. The minimum Gasteiger partial charge on any atom is -0.469 e. The molecule has 0 saturated carbocycles. The molecule has 0 aromatic carbocycles. The molecular weight excluding hydrogens is 690 g/mol. The van der Waals surface area contributed by atoms with E-state index in [-0.39, 0.29) is 44.4 Å². The first kappa shape index (κ1) is 39.4. The molecule has 3 aromatic rings. The molecule has 54 heavy (non-hydrogen) atoms. The third-order valence-corrected chi connectivity index (χ3v) is 10.7. The number of allylic oxidation sites excluding steroid dienone is 2. The number of esters is 4. The summed E-state index contributed by atoms with van der Waals surface area (Å²) in [6, 6.07) is 9.96. The summed E-state index contributed by atoms with van der Waals surface area (Å²) in [5.74, 6) is -1.93. The number of ether oxygens (including phenoxy) is 4. The van der Waals surface area contributed by atoms with E-state index < -0.39 is 29.3 Å². The number of nitrogens with zero attached hydrogens (tertiary/aromatic N) is 3. The fourth-order valence-electron chi connectivity index (χ4n) is 7.30. The summed E-state index contributed by atoms with van der Waals surface area (Å²) < 4.78 is 20.2. The van der Waals surface area contributed by atoms with Crippen LogP contribution in [0.4, 0.5) is 0 Å². The first-order valence-electron chi connectivity index (χ1n) is 17.9. The van der Waals surface area contributed by atoms with Gasteiger partial charge in [0, 0.05) is 64.1 Å². The average molecular weight is 738 g/mol. The Kier molecular flexibility index (Phi) is 12.0. The molecule has 2 aliphatic heterocycles. The monoisotopic (exact) mass is 737 g/mol. The maximum atomic E-state index is 13.0. The molecule has 0 spiro atoms. The van der Waals surface area contributed by atoms with Crippen molar-refractivity contribution in [3.8, 4) is 6.07 Å². The van der Waals surface area contributed by atoms with Crippen molar-refractivity contribution in [2.45, 2.75) is 90.4 Å². The van der Waals surface area contributed by atoms with Gasteiger partial charge in [-0.2, -0.15) is 5.26 Å². The van der Waals surface area contributed by atoms with Crippen LogP contribution < -0.4 is 0 Å². The van der Waals surface area contributed by atoms with E-state index in [0.29, 0.717) is 62.9 Å². The number of H-pyrrole nitrogens is 2. The number of methoxy groups -OCH3 is 4. The minimum atomic E-state index is -0.478. The van der Waals surface area contributed by atoms with Crippen LogP contribution >= 0.6 is 0 Å². The number of carbonyl (C=O) groups excluding carboxylic acids is 4. The van der Waals surface area contributed by atoms with Gasteiger partial charge in [-0.25, -0.2) is 4.98 Å². The third-order valence-electron chi connectivity index (χ3n) is 10.7. The van der Waals surface area contributed by atoms with Crippen molar-refractivity contribution in [2.24, 2.45) is 0 Å². The number of nitriles is 1. The first-order chi connectivity index (χ1) is 25.7. The second kappa shape index (κ2) is 16.5. The van der Waals surface area contributed by atoms with Gasteiger partial charge >= 0.3 is 23.9 Å². The highest BCUT2D eigenvalue weighted by atomic mass is 16.5. The standard InChI is InChI=1S/C41H47N5O8/c1-22-23(2)30-21-36-41(3,4)28(10-9-15-42)35(46-36)20-34-27(17-40(50)54-8)25(12-14-38(48)52-6)32(45-34)19-31-24(11-13-37(47)51-5)26(16-39(49)53-7)33(44-31)18-29(22)43-30/h18-21,28,44-45H,9-14,16-17H2,1-8H3. The Morgan fingerprint density at radius 2 is 1.15 bits per heavy atom. The lowest BCUT2D eigenvalue weighted by atomic mass is 9.74. The SMILES string of the molecule is COC(=O)CCc1c(CC(=O)OC)c2cc3nc(cc4nc(cc5[nH]c(cc1[nH]2)c(CCC(=O)OC)c5CC(=O)OC)C(CCC#N)C4(C)C)C(C)=C3C. The molecule has 0 saturated heterocycles. The lowest BCUT2D eigenvalue weighted by molar-refractivity contribution is -0.141. The molecule has 2 aliphatic rings. The summed E-state index contributed by atoms with van der Waals surface area (Å²) in [6.07, 6.45) is 1.22. The highest BCUT2D eigenvalue weighted by molar-refractivity contribution is 5.92. The predicted octanol–water partition coefficient (Wildman–Crippen LogP) is 6.27. The van der Waals surface area contributed by atoms with Crippen LogP contribution in [0.1, 0.15) is 104 Å². The largest absolute Gasteiger partial charge is 0.469 e. The lowest BCUT2D eigenvalue weighted by Gasteiger charge is -2.26. The number of aromatic amines is 2. The number of aryl methyl sites for hydroxylation is 2. The van der Waals surface area contributed by atoms with Gasteiger partial charge in [0.15, 0.2) is 0 Å². The zero-order valence-electron chi connectivity index (χ0n) is 32.2. The molecule has 13 heteroatoms. The van der Waals surface area contributed by atoms with E-state index in [0.717, 1.165) is 28.2 Å². The number of aromatic nitrogens is 4. The Morgan fingerprint density at radius 3 is 1.63 bits per heavy atom. The molecule has 0 aliphatic carbocycles. The molecule has 5 heterocycles. The van der Waals surface area contributed by atoms with Gasteiger partial charge in [0.2, 0.25) is 0 Å². The number of carbonyl (C=O) groups is 4. The number of fused-ring (bicyclic) bond motifs is 8. The van der Waals surface area contributed by atoms with Crippen LogP contribution in [0.15, 0.2) is 24.3 Å². The van der Waals surface area contributed by atoms with Crippen LogP contribution in [0.2, 0.25) is 0 Å². The molecule has 0 amide bonds. The van der Waals surface area contributed by atoms with E-state index >= 15 is 0 Å². The van der Waals surface area contributed by atoms with E-state index in [4.69, 9.17) is 28.9 Å². The van der Waals surface area contributed by atoms with Gasteiger partial charge in [0.1, 0.15) is 0 Å². The van der Waals surface area contributed by atoms with Crippen LogP contribution in [0.3, 0.4) is 0 Å². The van der Waals surface area contributed by atoms with Gasteiger partial charge in [-0.05, 0) is 90.8 Å². The molecule has 1 unspecified atom stereocenters. The van der Waals surface area contributed by atoms with Crippen molar-refractivity contribution in [1.29, 1.82) is 5.26 Å². The molecule has 0 fully saturated rings. The molecule has 284 valence electrons. The summed E-state index contributed by atoms with van der Waals surface area (Å²) in [6.45, 7) is 8.22. The molecule has 8 bridgehead atoms. The molecule has 3 aromatic heterocycles. The summed E-state index contributed by atoms with van der Waals surface area (Å²) >= 11 is 0. The summed E-state index contributed by atoms with van der Waals surface area (Å²) in [7, 11) is 5.29. The minimum absolute atomic E-state index is 0.0321. The predicted molar refractivity (Wildman–Crippen MR) is 202 cm³/mol. The van der Waals surface area contributed by atoms with E-state index in [1.54, 1.807) is 0 Å². The first-order valence-corrected chi connectivity index (χ1v) is 17.9. The van der Waals surface area contributed by atoms with Crippen LogP contribution in [0.25, 0.3) is 33.2 Å². The quantitative estimate of drug-likeness (QED) is 0.158. The van der Waals surface area contributed by atoms with Crippen LogP contribution in [0.5, 0.6) is 0 Å². The van der Waals surface area contributed by atoms with Gasteiger partial charge < -0.3 is 28.9 Å². The zero-order chi connectivity index (χ0) is 39.3. The van der Waals surface area contributed by atoms with Crippen molar-refractivity contribution < 1.29 is 38.1 Å².